The maximum absolute atomic E-state index is 11.9. The van der Waals surface area contributed by atoms with E-state index in [9.17, 15) is 9.59 Å². The van der Waals surface area contributed by atoms with Crippen LogP contribution in [0.5, 0.6) is 0 Å². The third kappa shape index (κ3) is 1.92. The Kier molecular flexibility index (Phi) is 3.12. The fourth-order valence-corrected chi connectivity index (χ4v) is 2.50. The molecule has 1 heterocycles. The highest BCUT2D eigenvalue weighted by molar-refractivity contribution is 6.26. The molecular weight excluding hydrogens is 254 g/mol. The zero-order chi connectivity index (χ0) is 14.1. The van der Waals surface area contributed by atoms with Crippen molar-refractivity contribution in [2.45, 2.75) is 6.42 Å². The second-order valence-electron chi connectivity index (χ2n) is 4.74. The SMILES string of the molecule is NCCCNc1ccc2c3c(cccc13)C(=O)NC2=O. The molecule has 0 aromatic heterocycles. The first-order valence-corrected chi connectivity index (χ1v) is 6.57. The van der Waals surface area contributed by atoms with E-state index in [4.69, 9.17) is 5.73 Å². The van der Waals surface area contributed by atoms with Gasteiger partial charge in [-0.05, 0) is 31.2 Å². The zero-order valence-corrected chi connectivity index (χ0v) is 10.9. The number of imide groups is 1. The molecule has 0 spiro atoms. The van der Waals surface area contributed by atoms with E-state index in [-0.39, 0.29) is 11.8 Å². The quantitative estimate of drug-likeness (QED) is 0.580. The summed E-state index contributed by atoms with van der Waals surface area (Å²) in [4.78, 5) is 23.8. The lowest BCUT2D eigenvalue weighted by atomic mass is 9.94. The average molecular weight is 269 g/mol. The maximum atomic E-state index is 11.9. The fraction of sp³-hybridized carbons (Fsp3) is 0.200. The van der Waals surface area contributed by atoms with Gasteiger partial charge in [0.05, 0.1) is 0 Å². The molecule has 0 atom stereocenters. The first-order valence-electron chi connectivity index (χ1n) is 6.57. The van der Waals surface area contributed by atoms with E-state index in [2.05, 4.69) is 10.6 Å². The molecule has 0 fully saturated rings. The summed E-state index contributed by atoms with van der Waals surface area (Å²) in [6.07, 6.45) is 0.863. The van der Waals surface area contributed by atoms with Gasteiger partial charge >= 0.3 is 0 Å². The van der Waals surface area contributed by atoms with Crippen molar-refractivity contribution in [1.29, 1.82) is 0 Å². The molecule has 5 heteroatoms. The molecule has 0 saturated heterocycles. The number of hydrogen-bond acceptors (Lipinski definition) is 4. The lowest BCUT2D eigenvalue weighted by Gasteiger charge is -2.19. The van der Waals surface area contributed by atoms with Crippen molar-refractivity contribution >= 4 is 28.3 Å². The summed E-state index contributed by atoms with van der Waals surface area (Å²) in [6.45, 7) is 1.38. The molecule has 0 saturated carbocycles. The van der Waals surface area contributed by atoms with Crippen molar-refractivity contribution in [2.24, 2.45) is 5.73 Å². The van der Waals surface area contributed by atoms with Gasteiger partial charge in [-0.25, -0.2) is 0 Å². The molecule has 5 nitrogen and oxygen atoms in total. The molecule has 20 heavy (non-hydrogen) atoms. The van der Waals surface area contributed by atoms with Gasteiger partial charge < -0.3 is 11.1 Å². The number of hydrogen-bond donors (Lipinski definition) is 3. The molecule has 0 aliphatic carbocycles. The number of benzene rings is 2. The number of carbonyl (C=O) groups is 2. The summed E-state index contributed by atoms with van der Waals surface area (Å²) in [5.74, 6) is -0.681. The van der Waals surface area contributed by atoms with Crippen LogP contribution in [0.4, 0.5) is 5.69 Å². The number of amides is 2. The highest BCUT2D eigenvalue weighted by atomic mass is 16.2. The molecule has 1 aliphatic heterocycles. The van der Waals surface area contributed by atoms with Crippen LogP contribution in [0.15, 0.2) is 30.3 Å². The first kappa shape index (κ1) is 12.6. The lowest BCUT2D eigenvalue weighted by Crippen LogP contribution is -2.34. The Morgan fingerprint density at radius 2 is 1.80 bits per heavy atom. The predicted molar refractivity (Wildman–Crippen MR) is 77.9 cm³/mol. The smallest absolute Gasteiger partial charge is 0.258 e. The summed E-state index contributed by atoms with van der Waals surface area (Å²) in [5.41, 5.74) is 7.48. The topological polar surface area (TPSA) is 84.2 Å². The van der Waals surface area contributed by atoms with Crippen molar-refractivity contribution < 1.29 is 9.59 Å². The van der Waals surface area contributed by atoms with Gasteiger partial charge in [-0.1, -0.05) is 12.1 Å². The predicted octanol–water partition coefficient (Wildman–Crippen LogP) is 1.48. The van der Waals surface area contributed by atoms with Crippen molar-refractivity contribution in [3.63, 3.8) is 0 Å². The first-order chi connectivity index (χ1) is 9.72. The van der Waals surface area contributed by atoms with Gasteiger partial charge in [-0.2, -0.15) is 0 Å². The Balaban J connectivity index is 2.16. The van der Waals surface area contributed by atoms with E-state index in [0.717, 1.165) is 29.4 Å². The maximum Gasteiger partial charge on any atom is 0.258 e. The van der Waals surface area contributed by atoms with Crippen LogP contribution in [-0.4, -0.2) is 24.9 Å². The molecule has 0 bridgehead atoms. The van der Waals surface area contributed by atoms with Crippen LogP contribution in [0.3, 0.4) is 0 Å². The van der Waals surface area contributed by atoms with Crippen molar-refractivity contribution in [3.05, 3.63) is 41.5 Å². The van der Waals surface area contributed by atoms with Crippen molar-refractivity contribution in [2.75, 3.05) is 18.4 Å². The van der Waals surface area contributed by atoms with Crippen LogP contribution in [0.2, 0.25) is 0 Å². The van der Waals surface area contributed by atoms with Crippen LogP contribution in [0.1, 0.15) is 27.1 Å². The van der Waals surface area contributed by atoms with Gasteiger partial charge in [-0.3, -0.25) is 14.9 Å². The largest absolute Gasteiger partial charge is 0.384 e. The van der Waals surface area contributed by atoms with Crippen LogP contribution in [0, 0.1) is 0 Å². The number of nitrogens with two attached hydrogens (primary N) is 1. The second kappa shape index (κ2) is 4.94. The second-order valence-corrected chi connectivity index (χ2v) is 4.74. The number of carbonyl (C=O) groups excluding carboxylic acids is 2. The molecule has 102 valence electrons. The molecule has 4 N–H and O–H groups in total. The van der Waals surface area contributed by atoms with Crippen molar-refractivity contribution in [3.8, 4) is 0 Å². The minimum absolute atomic E-state index is 0.341. The summed E-state index contributed by atoms with van der Waals surface area (Å²) in [5, 5.41) is 7.26. The number of anilines is 1. The Morgan fingerprint density at radius 1 is 1.05 bits per heavy atom. The van der Waals surface area contributed by atoms with E-state index in [1.807, 2.05) is 18.2 Å². The van der Waals surface area contributed by atoms with Crippen LogP contribution in [0.25, 0.3) is 10.8 Å². The number of rotatable bonds is 4. The average Bonchev–Trinajstić information content (AvgIpc) is 2.45. The van der Waals surface area contributed by atoms with Crippen LogP contribution in [-0.2, 0) is 0 Å². The highest BCUT2D eigenvalue weighted by Crippen LogP contribution is 2.31. The highest BCUT2D eigenvalue weighted by Gasteiger charge is 2.25. The van der Waals surface area contributed by atoms with Gasteiger partial charge in [0, 0.05) is 34.1 Å². The molecular formula is C15H15N3O2. The summed E-state index contributed by atoms with van der Waals surface area (Å²) in [7, 11) is 0. The summed E-state index contributed by atoms with van der Waals surface area (Å²) >= 11 is 0. The third-order valence-corrected chi connectivity index (χ3v) is 3.45. The van der Waals surface area contributed by atoms with Gasteiger partial charge in [0.15, 0.2) is 0 Å². The van der Waals surface area contributed by atoms with Gasteiger partial charge in [0.2, 0.25) is 0 Å². The lowest BCUT2D eigenvalue weighted by molar-refractivity contribution is 0.0845. The molecule has 0 unspecified atom stereocenters. The normalized spacial score (nSPS) is 13.4. The molecule has 1 aliphatic rings. The van der Waals surface area contributed by atoms with E-state index in [0.29, 0.717) is 17.7 Å². The van der Waals surface area contributed by atoms with Gasteiger partial charge in [0.25, 0.3) is 11.8 Å². The van der Waals surface area contributed by atoms with E-state index in [1.165, 1.54) is 0 Å². The minimum atomic E-state index is -0.341. The Morgan fingerprint density at radius 3 is 2.55 bits per heavy atom. The molecule has 2 aromatic carbocycles. The molecule has 2 amide bonds. The Labute approximate surface area is 116 Å². The fourth-order valence-electron chi connectivity index (χ4n) is 2.50. The van der Waals surface area contributed by atoms with E-state index < -0.39 is 0 Å². The van der Waals surface area contributed by atoms with Gasteiger partial charge in [0.1, 0.15) is 0 Å². The molecule has 3 rings (SSSR count). The van der Waals surface area contributed by atoms with E-state index in [1.54, 1.807) is 12.1 Å². The summed E-state index contributed by atoms with van der Waals surface area (Å²) in [6, 6.07) is 9.09. The van der Waals surface area contributed by atoms with Gasteiger partial charge in [-0.15, -0.1) is 0 Å². The Hall–Kier alpha value is -2.40. The standard InChI is InChI=1S/C15H15N3O2/c16-7-2-8-17-12-6-5-11-13-9(12)3-1-4-10(13)14(19)18-15(11)20/h1,3-6,17H,2,7-8,16H2,(H,18,19,20). The van der Waals surface area contributed by atoms with Crippen molar-refractivity contribution in [1.82, 2.24) is 5.32 Å². The van der Waals surface area contributed by atoms with Crippen LogP contribution < -0.4 is 16.4 Å². The minimum Gasteiger partial charge on any atom is -0.384 e. The Bertz CT molecular complexity index is 689. The third-order valence-electron chi connectivity index (χ3n) is 3.45. The van der Waals surface area contributed by atoms with Crippen LogP contribution >= 0.6 is 0 Å². The molecule has 0 radical (unpaired) electrons. The monoisotopic (exact) mass is 269 g/mol. The molecule has 2 aromatic rings. The zero-order valence-electron chi connectivity index (χ0n) is 10.9. The number of nitrogens with one attached hydrogen (secondary N) is 2. The van der Waals surface area contributed by atoms with E-state index >= 15 is 0 Å². The summed E-state index contributed by atoms with van der Waals surface area (Å²) < 4.78 is 0.